The highest BCUT2D eigenvalue weighted by Crippen LogP contribution is 2.47. The Morgan fingerprint density at radius 2 is 1.59 bits per heavy atom. The molecule has 0 saturated carbocycles. The summed E-state index contributed by atoms with van der Waals surface area (Å²) >= 11 is 0. The highest BCUT2D eigenvalue weighted by Gasteiger charge is 2.51. The van der Waals surface area contributed by atoms with Crippen LogP contribution in [0.2, 0.25) is 0 Å². The molecule has 0 aromatic carbocycles. The summed E-state index contributed by atoms with van der Waals surface area (Å²) in [5.41, 5.74) is 10.2. The van der Waals surface area contributed by atoms with Crippen molar-refractivity contribution < 1.29 is 38.6 Å². The largest absolute Gasteiger partial charge is 0.756 e. The number of aromatic amines is 2. The molecule has 6 heterocycles. The summed E-state index contributed by atoms with van der Waals surface area (Å²) in [7, 11) is -5.42. The third kappa shape index (κ3) is 4.89. The zero-order valence-electron chi connectivity index (χ0n) is 20.8. The smallest absolute Gasteiger partial charge is 0.280 e. The molecule has 0 bridgehead atoms. The van der Waals surface area contributed by atoms with Gasteiger partial charge in [0.1, 0.15) is 24.7 Å². The number of ether oxygens (including phenoxy) is 2. The van der Waals surface area contributed by atoms with Crippen LogP contribution in [0, 0.1) is 5.92 Å². The summed E-state index contributed by atoms with van der Waals surface area (Å²) in [5, 5.41) is 21.1. The number of hydrogen-bond donors (Lipinski definition) is 7. The molecule has 4 aromatic rings. The second kappa shape index (κ2) is 9.96. The molecule has 4 aromatic heterocycles. The first-order chi connectivity index (χ1) is 19.4. The number of phosphoric ester groups is 1. The van der Waals surface area contributed by atoms with Crippen LogP contribution in [0.1, 0.15) is 25.3 Å². The monoisotopic (exact) mass is 595 g/mol. The maximum atomic E-state index is 12.2. The Morgan fingerprint density at radius 1 is 1.05 bits per heavy atom. The lowest BCUT2D eigenvalue weighted by Gasteiger charge is -2.34. The summed E-state index contributed by atoms with van der Waals surface area (Å²) in [6.45, 7) is -0.608. The van der Waals surface area contributed by atoms with Crippen LogP contribution >= 0.6 is 7.82 Å². The Morgan fingerprint density at radius 3 is 2.10 bits per heavy atom. The number of aromatic nitrogens is 8. The van der Waals surface area contributed by atoms with Gasteiger partial charge in [0.15, 0.2) is 22.3 Å². The van der Waals surface area contributed by atoms with Gasteiger partial charge >= 0.3 is 0 Å². The SMILES string of the molecule is Nc1nc2c(ncn2[C@H]2C[C@H](C(OP(=O)([O-])O)[C@@H]3O[C@@H](n4cnc5c(=O)[nH]c(N)nc54)C[C@@H]3O)[C@H](CO)O2)c(=O)[nH]1. The first kappa shape index (κ1) is 27.4. The summed E-state index contributed by atoms with van der Waals surface area (Å²) in [6.07, 6.45) is -4.91. The number of nitrogens with zero attached hydrogens (tertiary/aromatic N) is 6. The van der Waals surface area contributed by atoms with Crippen LogP contribution in [0.15, 0.2) is 22.2 Å². The third-order valence-corrected chi connectivity index (χ3v) is 7.63. The summed E-state index contributed by atoms with van der Waals surface area (Å²) < 4.78 is 31.7. The number of phosphoric acid groups is 1. The van der Waals surface area contributed by atoms with Gasteiger partial charge in [0.05, 0.1) is 31.5 Å². The Labute approximate surface area is 227 Å². The number of hydrogen-bond acceptors (Lipinski definition) is 15. The van der Waals surface area contributed by atoms with Gasteiger partial charge in [0, 0.05) is 18.8 Å². The topological polar surface area (TPSA) is 308 Å². The number of imidazole rings is 2. The van der Waals surface area contributed by atoms with Crippen molar-refractivity contribution in [1.29, 1.82) is 0 Å². The normalized spacial score (nSPS) is 28.9. The highest BCUT2D eigenvalue weighted by molar-refractivity contribution is 7.44. The van der Waals surface area contributed by atoms with Gasteiger partial charge in [-0.15, -0.1) is 0 Å². The molecule has 6 rings (SSSR count). The number of rotatable bonds is 7. The molecule has 0 radical (unpaired) electrons. The minimum absolute atomic E-state index is 0.0305. The molecule has 2 unspecified atom stereocenters. The van der Waals surface area contributed by atoms with Crippen molar-refractivity contribution in [3.63, 3.8) is 0 Å². The molecule has 220 valence electrons. The lowest BCUT2D eigenvalue weighted by Crippen LogP contribution is -2.45. The fourth-order valence-corrected chi connectivity index (χ4v) is 6.02. The predicted octanol–water partition coefficient (Wildman–Crippen LogP) is -3.19. The zero-order valence-corrected chi connectivity index (χ0v) is 21.7. The number of H-pyrrole nitrogens is 2. The molecule has 0 amide bonds. The molecule has 2 aliphatic rings. The standard InChI is InChI=1S/C20H25N10O10P/c21-19-25-15-11(17(33)27-19)23-4-29(15)9-1-6(8(3-31)38-9)13(40-41(35,36)37)14-7(32)2-10(39-14)30-5-24-12-16(30)26-20(22)28-18(12)34/h4-10,13-14,31-32H,1-3H2,(H2,35,36,37)(H3,21,25,27,33)(H3,22,26,28,34)/p-1/t6-,7-,8-,9+,10+,13?,14+/m0/s1. The number of anilines is 2. The number of aliphatic hydroxyl groups excluding tert-OH is 2. The second-order valence-corrected chi connectivity index (χ2v) is 10.8. The van der Waals surface area contributed by atoms with Gasteiger partial charge in [-0.1, -0.05) is 0 Å². The quantitative estimate of drug-likeness (QED) is 0.103. The van der Waals surface area contributed by atoms with E-state index in [9.17, 15) is 34.2 Å². The van der Waals surface area contributed by atoms with E-state index in [0.29, 0.717) is 0 Å². The van der Waals surface area contributed by atoms with Crippen molar-refractivity contribution in [3.8, 4) is 0 Å². The lowest BCUT2D eigenvalue weighted by atomic mass is 9.89. The van der Waals surface area contributed by atoms with Gasteiger partial charge in [-0.3, -0.25) is 33.3 Å². The molecule has 2 fully saturated rings. The minimum Gasteiger partial charge on any atom is -0.756 e. The van der Waals surface area contributed by atoms with E-state index in [0.717, 1.165) is 0 Å². The lowest BCUT2D eigenvalue weighted by molar-refractivity contribution is -0.234. The molecule has 21 heteroatoms. The molecule has 9 N–H and O–H groups in total. The Hall–Kier alpha value is -3.75. The van der Waals surface area contributed by atoms with Crippen LogP contribution in [0.25, 0.3) is 22.3 Å². The van der Waals surface area contributed by atoms with Crippen molar-refractivity contribution in [3.05, 3.63) is 33.4 Å². The predicted molar refractivity (Wildman–Crippen MR) is 133 cm³/mol. The van der Waals surface area contributed by atoms with Crippen LogP contribution in [-0.4, -0.2) is 85.2 Å². The Bertz CT molecular complexity index is 1780. The molecule has 0 aliphatic carbocycles. The first-order valence-electron chi connectivity index (χ1n) is 12.2. The maximum Gasteiger partial charge on any atom is 0.280 e. The van der Waals surface area contributed by atoms with Gasteiger partial charge in [0.2, 0.25) is 11.9 Å². The fourth-order valence-electron chi connectivity index (χ4n) is 5.43. The van der Waals surface area contributed by atoms with E-state index < -0.39 is 68.3 Å². The Kier molecular flexibility index (Phi) is 6.66. The van der Waals surface area contributed by atoms with Crippen molar-refractivity contribution >= 4 is 42.0 Å². The van der Waals surface area contributed by atoms with E-state index in [1.165, 1.54) is 21.8 Å². The molecule has 20 nitrogen and oxygen atoms in total. The van der Waals surface area contributed by atoms with Crippen molar-refractivity contribution in [2.24, 2.45) is 5.92 Å². The molecular formula is C20H24N10O10P-. The zero-order chi connectivity index (χ0) is 29.2. The number of nitrogens with one attached hydrogen (secondary N) is 2. The first-order valence-corrected chi connectivity index (χ1v) is 13.7. The van der Waals surface area contributed by atoms with E-state index in [1.54, 1.807) is 0 Å². The van der Waals surface area contributed by atoms with Gasteiger partial charge in [-0.05, 0) is 0 Å². The van der Waals surface area contributed by atoms with Crippen LogP contribution < -0.4 is 27.5 Å². The number of nitrogen functional groups attached to an aromatic ring is 2. The van der Waals surface area contributed by atoms with Gasteiger partial charge in [-0.2, -0.15) is 9.97 Å². The molecule has 0 spiro atoms. The molecule has 2 saturated heterocycles. The summed E-state index contributed by atoms with van der Waals surface area (Å²) in [4.78, 5) is 66.8. The van der Waals surface area contributed by atoms with Gasteiger partial charge < -0.3 is 45.5 Å². The second-order valence-electron chi connectivity index (χ2n) is 9.66. The van der Waals surface area contributed by atoms with Gasteiger partial charge in [-0.25, -0.2) is 9.97 Å². The summed E-state index contributed by atoms with van der Waals surface area (Å²) in [5.74, 6) is -1.34. The van der Waals surface area contributed by atoms with E-state index in [2.05, 4.69) is 29.9 Å². The van der Waals surface area contributed by atoms with E-state index in [1.807, 2.05) is 0 Å². The molecule has 2 aliphatic heterocycles. The van der Waals surface area contributed by atoms with Crippen LogP contribution in [0.4, 0.5) is 11.9 Å². The van der Waals surface area contributed by atoms with Crippen molar-refractivity contribution in [2.75, 3.05) is 18.1 Å². The maximum absolute atomic E-state index is 12.2. The van der Waals surface area contributed by atoms with E-state index >= 15 is 0 Å². The molecular weight excluding hydrogens is 571 g/mol. The average Bonchev–Trinajstić information content (AvgIpc) is 3.66. The molecule has 41 heavy (non-hydrogen) atoms. The van der Waals surface area contributed by atoms with Crippen LogP contribution in [-0.2, 0) is 18.6 Å². The van der Waals surface area contributed by atoms with Gasteiger partial charge in [0.25, 0.3) is 18.9 Å². The number of fused-ring (bicyclic) bond motifs is 2. The summed E-state index contributed by atoms with van der Waals surface area (Å²) in [6, 6.07) is 0. The van der Waals surface area contributed by atoms with E-state index in [4.69, 9.17) is 25.5 Å². The van der Waals surface area contributed by atoms with E-state index in [-0.39, 0.29) is 47.1 Å². The fraction of sp³-hybridized carbons (Fsp3) is 0.500. The highest BCUT2D eigenvalue weighted by atomic mass is 31.2. The van der Waals surface area contributed by atoms with Crippen LogP contribution in [0.3, 0.4) is 0 Å². The molecule has 8 atom stereocenters. The average molecular weight is 595 g/mol. The van der Waals surface area contributed by atoms with Crippen LogP contribution in [0.5, 0.6) is 0 Å². The Balaban J connectivity index is 1.33. The number of nitrogens with two attached hydrogens (primary N) is 2. The third-order valence-electron chi connectivity index (χ3n) is 7.12. The minimum atomic E-state index is -5.42. The van der Waals surface area contributed by atoms with Crippen molar-refractivity contribution in [1.82, 2.24) is 39.0 Å². The number of aliphatic hydroxyl groups is 2. The van der Waals surface area contributed by atoms with Crippen molar-refractivity contribution in [2.45, 2.75) is 49.7 Å².